The summed E-state index contributed by atoms with van der Waals surface area (Å²) in [6, 6.07) is 19.4. The second kappa shape index (κ2) is 12.5. The standard InChI is InChI=1S/C24H35NO2/c1-4-6-17-27-24(5-2)22-12-14-23(15-13-22)26-18-16-25-20(3)19-21-10-8-7-9-11-21/h7-15,20,24-25H,4-6,16-19H2,1-3H3. The van der Waals surface area contributed by atoms with Gasteiger partial charge in [-0.1, -0.05) is 62.7 Å². The third kappa shape index (κ3) is 8.15. The Balaban J connectivity index is 1.68. The van der Waals surface area contributed by atoms with Crippen molar-refractivity contribution in [2.75, 3.05) is 19.8 Å². The van der Waals surface area contributed by atoms with Crippen LogP contribution in [0, 0.1) is 0 Å². The first-order valence-corrected chi connectivity index (χ1v) is 10.3. The van der Waals surface area contributed by atoms with E-state index in [9.17, 15) is 0 Å². The van der Waals surface area contributed by atoms with Crippen LogP contribution in [0.3, 0.4) is 0 Å². The van der Waals surface area contributed by atoms with Gasteiger partial charge in [0.2, 0.25) is 0 Å². The van der Waals surface area contributed by atoms with Crippen LogP contribution in [0.5, 0.6) is 5.75 Å². The smallest absolute Gasteiger partial charge is 0.119 e. The highest BCUT2D eigenvalue weighted by atomic mass is 16.5. The maximum absolute atomic E-state index is 5.98. The first-order chi connectivity index (χ1) is 13.2. The minimum absolute atomic E-state index is 0.186. The van der Waals surface area contributed by atoms with E-state index in [1.807, 2.05) is 0 Å². The van der Waals surface area contributed by atoms with Gasteiger partial charge in [0.1, 0.15) is 12.4 Å². The lowest BCUT2D eigenvalue weighted by molar-refractivity contribution is 0.0481. The molecule has 0 amide bonds. The number of nitrogens with one attached hydrogen (secondary N) is 1. The van der Waals surface area contributed by atoms with Crippen molar-refractivity contribution in [3.8, 4) is 5.75 Å². The third-order valence-electron chi connectivity index (χ3n) is 4.69. The third-order valence-corrected chi connectivity index (χ3v) is 4.69. The molecule has 2 unspecified atom stereocenters. The molecule has 3 nitrogen and oxygen atoms in total. The maximum Gasteiger partial charge on any atom is 0.119 e. The molecule has 27 heavy (non-hydrogen) atoms. The predicted octanol–water partition coefficient (Wildman–Crippen LogP) is 5.55. The van der Waals surface area contributed by atoms with Gasteiger partial charge in [0.25, 0.3) is 0 Å². The van der Waals surface area contributed by atoms with E-state index in [1.165, 1.54) is 17.5 Å². The first-order valence-electron chi connectivity index (χ1n) is 10.3. The summed E-state index contributed by atoms with van der Waals surface area (Å²) in [5.74, 6) is 0.916. The van der Waals surface area contributed by atoms with E-state index in [-0.39, 0.29) is 6.10 Å². The van der Waals surface area contributed by atoms with Gasteiger partial charge in [-0.2, -0.15) is 0 Å². The minimum Gasteiger partial charge on any atom is -0.492 e. The van der Waals surface area contributed by atoms with E-state index in [2.05, 4.69) is 80.7 Å². The van der Waals surface area contributed by atoms with E-state index < -0.39 is 0 Å². The van der Waals surface area contributed by atoms with Gasteiger partial charge < -0.3 is 14.8 Å². The molecule has 0 aliphatic rings. The van der Waals surface area contributed by atoms with Gasteiger partial charge in [-0.25, -0.2) is 0 Å². The van der Waals surface area contributed by atoms with Crippen LogP contribution in [0.15, 0.2) is 54.6 Å². The van der Waals surface area contributed by atoms with Crippen molar-refractivity contribution in [3.63, 3.8) is 0 Å². The van der Waals surface area contributed by atoms with Gasteiger partial charge in [-0.3, -0.25) is 0 Å². The zero-order valence-corrected chi connectivity index (χ0v) is 17.1. The molecule has 0 heterocycles. The van der Waals surface area contributed by atoms with Crippen LogP contribution in [0.4, 0.5) is 0 Å². The van der Waals surface area contributed by atoms with Gasteiger partial charge in [-0.15, -0.1) is 0 Å². The van der Waals surface area contributed by atoms with E-state index >= 15 is 0 Å². The number of hydrogen-bond donors (Lipinski definition) is 1. The summed E-state index contributed by atoms with van der Waals surface area (Å²) in [7, 11) is 0. The van der Waals surface area contributed by atoms with E-state index in [1.54, 1.807) is 0 Å². The summed E-state index contributed by atoms with van der Waals surface area (Å²) in [6.07, 6.45) is 4.50. The van der Waals surface area contributed by atoms with Crippen molar-refractivity contribution < 1.29 is 9.47 Å². The van der Waals surface area contributed by atoms with Crippen LogP contribution in [-0.2, 0) is 11.2 Å². The molecular weight excluding hydrogens is 334 g/mol. The van der Waals surface area contributed by atoms with Crippen molar-refractivity contribution in [1.29, 1.82) is 0 Å². The SMILES string of the molecule is CCCCOC(CC)c1ccc(OCCNC(C)Cc2ccccc2)cc1. The number of benzene rings is 2. The fourth-order valence-electron chi connectivity index (χ4n) is 3.11. The lowest BCUT2D eigenvalue weighted by atomic mass is 10.1. The van der Waals surface area contributed by atoms with Gasteiger partial charge >= 0.3 is 0 Å². The number of unbranched alkanes of at least 4 members (excludes halogenated alkanes) is 1. The molecule has 0 aromatic heterocycles. The summed E-state index contributed by atoms with van der Waals surface area (Å²) in [5, 5.41) is 3.52. The maximum atomic E-state index is 5.98. The molecule has 0 radical (unpaired) electrons. The number of rotatable bonds is 13. The van der Waals surface area contributed by atoms with Crippen LogP contribution >= 0.6 is 0 Å². The molecule has 2 aromatic rings. The summed E-state index contributed by atoms with van der Waals surface area (Å²) >= 11 is 0. The highest BCUT2D eigenvalue weighted by Gasteiger charge is 2.09. The molecule has 148 valence electrons. The molecule has 0 saturated carbocycles. The molecule has 0 spiro atoms. The Morgan fingerprint density at radius 1 is 0.926 bits per heavy atom. The molecule has 0 aliphatic heterocycles. The van der Waals surface area contributed by atoms with Crippen LogP contribution < -0.4 is 10.1 Å². The molecule has 0 saturated heterocycles. The average Bonchev–Trinajstić information content (AvgIpc) is 2.70. The zero-order valence-electron chi connectivity index (χ0n) is 17.1. The fraction of sp³-hybridized carbons (Fsp3) is 0.500. The largest absolute Gasteiger partial charge is 0.492 e. The molecule has 2 rings (SSSR count). The second-order valence-corrected chi connectivity index (χ2v) is 7.08. The number of hydrogen-bond acceptors (Lipinski definition) is 3. The molecule has 0 bridgehead atoms. The molecule has 2 aromatic carbocycles. The monoisotopic (exact) mass is 369 g/mol. The Morgan fingerprint density at radius 3 is 2.33 bits per heavy atom. The molecular formula is C24H35NO2. The first kappa shape index (κ1) is 21.5. The summed E-state index contributed by atoms with van der Waals surface area (Å²) in [4.78, 5) is 0. The normalized spacial score (nSPS) is 13.3. The lowest BCUT2D eigenvalue weighted by Gasteiger charge is -2.17. The summed E-state index contributed by atoms with van der Waals surface area (Å²) in [6.45, 7) is 8.92. The van der Waals surface area contributed by atoms with Crippen molar-refractivity contribution in [1.82, 2.24) is 5.32 Å². The number of ether oxygens (including phenoxy) is 2. The van der Waals surface area contributed by atoms with Gasteiger partial charge in [0, 0.05) is 19.2 Å². The molecule has 3 heteroatoms. The molecule has 2 atom stereocenters. The lowest BCUT2D eigenvalue weighted by Crippen LogP contribution is -2.31. The molecule has 1 N–H and O–H groups in total. The van der Waals surface area contributed by atoms with Crippen LogP contribution in [0.25, 0.3) is 0 Å². The second-order valence-electron chi connectivity index (χ2n) is 7.08. The molecule has 0 aliphatic carbocycles. The van der Waals surface area contributed by atoms with E-state index in [0.29, 0.717) is 12.6 Å². The van der Waals surface area contributed by atoms with Crippen molar-refractivity contribution in [2.24, 2.45) is 0 Å². The minimum atomic E-state index is 0.186. The Bertz CT molecular complexity index is 612. The van der Waals surface area contributed by atoms with Crippen molar-refractivity contribution in [3.05, 3.63) is 65.7 Å². The van der Waals surface area contributed by atoms with Crippen LogP contribution in [0.2, 0.25) is 0 Å². The molecule has 0 fully saturated rings. The van der Waals surface area contributed by atoms with E-state index in [4.69, 9.17) is 9.47 Å². The van der Waals surface area contributed by atoms with E-state index in [0.717, 1.165) is 38.2 Å². The Labute approximate surface area is 165 Å². The highest BCUT2D eigenvalue weighted by Crippen LogP contribution is 2.23. The predicted molar refractivity (Wildman–Crippen MR) is 113 cm³/mol. The van der Waals surface area contributed by atoms with Crippen molar-refractivity contribution >= 4 is 0 Å². The van der Waals surface area contributed by atoms with Gasteiger partial charge in [-0.05, 0) is 49.4 Å². The highest BCUT2D eigenvalue weighted by molar-refractivity contribution is 5.28. The van der Waals surface area contributed by atoms with Crippen LogP contribution in [0.1, 0.15) is 57.3 Å². The zero-order chi connectivity index (χ0) is 19.3. The Morgan fingerprint density at radius 2 is 1.67 bits per heavy atom. The van der Waals surface area contributed by atoms with Gasteiger partial charge in [0.05, 0.1) is 6.10 Å². The van der Waals surface area contributed by atoms with Gasteiger partial charge in [0.15, 0.2) is 0 Å². The fourth-order valence-corrected chi connectivity index (χ4v) is 3.11. The van der Waals surface area contributed by atoms with Crippen LogP contribution in [-0.4, -0.2) is 25.8 Å². The summed E-state index contributed by atoms with van der Waals surface area (Å²) in [5.41, 5.74) is 2.59. The summed E-state index contributed by atoms with van der Waals surface area (Å²) < 4.78 is 11.9. The average molecular weight is 370 g/mol. The Hall–Kier alpha value is -1.84. The topological polar surface area (TPSA) is 30.5 Å². The Kier molecular flexibility index (Phi) is 9.96. The van der Waals surface area contributed by atoms with Crippen molar-refractivity contribution in [2.45, 2.75) is 58.6 Å². The quantitative estimate of drug-likeness (QED) is 0.469.